The predicted octanol–water partition coefficient (Wildman–Crippen LogP) is 5.08. The monoisotopic (exact) mass is 478 g/mol. The summed E-state index contributed by atoms with van der Waals surface area (Å²) in [6.45, 7) is 0. The lowest BCUT2D eigenvalue weighted by molar-refractivity contribution is -0.146. The van der Waals surface area contributed by atoms with Crippen LogP contribution in [0, 0.1) is 11.8 Å². The van der Waals surface area contributed by atoms with Gasteiger partial charge in [-0.15, -0.1) is 0 Å². The Hall–Kier alpha value is -2.87. The Morgan fingerprint density at radius 2 is 1.64 bits per heavy atom. The van der Waals surface area contributed by atoms with Crippen LogP contribution in [0.5, 0.6) is 0 Å². The van der Waals surface area contributed by atoms with E-state index in [1.165, 1.54) is 6.07 Å². The van der Waals surface area contributed by atoms with E-state index in [1.54, 1.807) is 30.3 Å². The SMILES string of the molecule is O=C(Nc1ccc(Cl)c(C(F)(F)F)c1)[C@@H](Cc1ccccc1)N1C(=O)[C@H]2CCCC[C@H]2C1=O. The van der Waals surface area contributed by atoms with Crippen molar-refractivity contribution in [2.24, 2.45) is 11.8 Å². The largest absolute Gasteiger partial charge is 0.417 e. The standard InChI is InChI=1S/C24H22ClF3N2O3/c25-19-11-10-15(13-18(19)24(26,27)28)29-21(31)20(12-14-6-2-1-3-7-14)30-22(32)16-8-4-5-9-17(16)23(30)33/h1-3,6-7,10-11,13,16-17,20H,4-5,8-9,12H2,(H,29,31)/t16-,17+,20-/m1/s1. The zero-order valence-electron chi connectivity index (χ0n) is 17.6. The van der Waals surface area contributed by atoms with Gasteiger partial charge in [0.05, 0.1) is 22.4 Å². The number of carbonyl (C=O) groups excluding carboxylic acids is 3. The van der Waals surface area contributed by atoms with E-state index in [1.807, 2.05) is 0 Å². The molecule has 0 spiro atoms. The van der Waals surface area contributed by atoms with Gasteiger partial charge in [-0.3, -0.25) is 19.3 Å². The molecule has 2 aliphatic rings. The Kier molecular flexibility index (Phi) is 6.47. The van der Waals surface area contributed by atoms with Crippen molar-refractivity contribution in [2.75, 3.05) is 5.32 Å². The molecule has 33 heavy (non-hydrogen) atoms. The summed E-state index contributed by atoms with van der Waals surface area (Å²) in [6.07, 6.45) is -1.76. The first kappa shape index (κ1) is 23.3. The highest BCUT2D eigenvalue weighted by atomic mass is 35.5. The maximum absolute atomic E-state index is 13.3. The van der Waals surface area contributed by atoms with Crippen LogP contribution in [0.25, 0.3) is 0 Å². The molecule has 1 saturated carbocycles. The molecule has 0 aromatic heterocycles. The summed E-state index contributed by atoms with van der Waals surface area (Å²) in [4.78, 5) is 40.6. The van der Waals surface area contributed by atoms with Crippen LogP contribution >= 0.6 is 11.6 Å². The number of hydrogen-bond acceptors (Lipinski definition) is 3. The van der Waals surface area contributed by atoms with E-state index >= 15 is 0 Å². The molecule has 3 atom stereocenters. The Morgan fingerprint density at radius 3 is 2.21 bits per heavy atom. The number of amides is 3. The summed E-state index contributed by atoms with van der Waals surface area (Å²) < 4.78 is 39.7. The second-order valence-electron chi connectivity index (χ2n) is 8.43. The minimum atomic E-state index is -4.70. The van der Waals surface area contributed by atoms with Gasteiger partial charge in [-0.1, -0.05) is 54.8 Å². The van der Waals surface area contributed by atoms with Crippen molar-refractivity contribution in [1.82, 2.24) is 4.90 Å². The molecule has 174 valence electrons. The van der Waals surface area contributed by atoms with Crippen LogP contribution in [0.4, 0.5) is 18.9 Å². The Bertz CT molecular complexity index is 1050. The summed E-state index contributed by atoms with van der Waals surface area (Å²) in [5.41, 5.74) is -0.479. The summed E-state index contributed by atoms with van der Waals surface area (Å²) in [6, 6.07) is 10.7. The minimum absolute atomic E-state index is 0.0588. The number of halogens is 4. The number of hydrogen-bond donors (Lipinski definition) is 1. The summed E-state index contributed by atoms with van der Waals surface area (Å²) in [5, 5.41) is 1.97. The van der Waals surface area contributed by atoms with Crippen LogP contribution in [0.15, 0.2) is 48.5 Å². The minimum Gasteiger partial charge on any atom is -0.324 e. The number of benzene rings is 2. The fourth-order valence-electron chi connectivity index (χ4n) is 4.68. The lowest BCUT2D eigenvalue weighted by Crippen LogP contribution is -2.49. The molecular formula is C24H22ClF3N2O3. The van der Waals surface area contributed by atoms with Gasteiger partial charge in [0.2, 0.25) is 17.7 Å². The van der Waals surface area contributed by atoms with Crippen LogP contribution in [0.3, 0.4) is 0 Å². The molecule has 0 unspecified atom stereocenters. The van der Waals surface area contributed by atoms with Gasteiger partial charge in [0.25, 0.3) is 0 Å². The van der Waals surface area contributed by atoms with Crippen LogP contribution in [0.2, 0.25) is 5.02 Å². The first-order chi connectivity index (χ1) is 15.7. The number of imide groups is 1. The van der Waals surface area contributed by atoms with Crippen molar-refractivity contribution >= 4 is 35.0 Å². The molecule has 3 amide bonds. The molecule has 1 aliphatic heterocycles. The third kappa shape index (κ3) is 4.76. The molecule has 5 nitrogen and oxygen atoms in total. The van der Waals surface area contributed by atoms with E-state index in [0.717, 1.165) is 35.4 Å². The fourth-order valence-corrected chi connectivity index (χ4v) is 4.90. The van der Waals surface area contributed by atoms with Gasteiger partial charge in [-0.25, -0.2) is 0 Å². The van der Waals surface area contributed by atoms with Gasteiger partial charge >= 0.3 is 6.18 Å². The van der Waals surface area contributed by atoms with Crippen molar-refractivity contribution in [3.8, 4) is 0 Å². The van der Waals surface area contributed by atoms with Crippen molar-refractivity contribution in [3.05, 3.63) is 64.7 Å². The number of nitrogens with zero attached hydrogens (tertiary/aromatic N) is 1. The smallest absolute Gasteiger partial charge is 0.324 e. The topological polar surface area (TPSA) is 66.5 Å². The first-order valence-electron chi connectivity index (χ1n) is 10.8. The van der Waals surface area contributed by atoms with Crippen molar-refractivity contribution in [3.63, 3.8) is 0 Å². The molecule has 1 saturated heterocycles. The lowest BCUT2D eigenvalue weighted by Gasteiger charge is -2.26. The fraction of sp³-hybridized carbons (Fsp3) is 0.375. The van der Waals surface area contributed by atoms with Crippen molar-refractivity contribution in [1.29, 1.82) is 0 Å². The third-order valence-electron chi connectivity index (χ3n) is 6.30. The lowest BCUT2D eigenvalue weighted by atomic mass is 9.81. The number of likely N-dealkylation sites (tertiary alicyclic amines) is 1. The second kappa shape index (κ2) is 9.17. The van der Waals surface area contributed by atoms with E-state index in [4.69, 9.17) is 11.6 Å². The highest BCUT2D eigenvalue weighted by molar-refractivity contribution is 6.31. The van der Waals surface area contributed by atoms with E-state index < -0.39 is 40.5 Å². The molecule has 2 aromatic rings. The average Bonchev–Trinajstić information content (AvgIpc) is 3.03. The third-order valence-corrected chi connectivity index (χ3v) is 6.63. The van der Waals surface area contributed by atoms with Gasteiger partial charge in [-0.2, -0.15) is 13.2 Å². The summed E-state index contributed by atoms with van der Waals surface area (Å²) in [5.74, 6) is -2.37. The number of anilines is 1. The second-order valence-corrected chi connectivity index (χ2v) is 8.84. The number of fused-ring (bicyclic) bond motifs is 1. The zero-order chi connectivity index (χ0) is 23.8. The molecule has 9 heteroatoms. The highest BCUT2D eigenvalue weighted by Crippen LogP contribution is 2.40. The van der Waals surface area contributed by atoms with Gasteiger partial charge in [0.15, 0.2) is 0 Å². The predicted molar refractivity (Wildman–Crippen MR) is 116 cm³/mol. The van der Waals surface area contributed by atoms with Crippen molar-refractivity contribution < 1.29 is 27.6 Å². The average molecular weight is 479 g/mol. The molecule has 1 heterocycles. The van der Waals surface area contributed by atoms with E-state index in [2.05, 4.69) is 5.32 Å². The normalized spacial score (nSPS) is 21.6. The Labute approximate surface area is 193 Å². The highest BCUT2D eigenvalue weighted by Gasteiger charge is 2.51. The molecule has 1 aliphatic carbocycles. The maximum Gasteiger partial charge on any atom is 0.417 e. The van der Waals surface area contributed by atoms with Crippen LogP contribution in [-0.2, 0) is 27.0 Å². The number of carbonyl (C=O) groups is 3. The van der Waals surface area contributed by atoms with Crippen LogP contribution < -0.4 is 5.32 Å². The van der Waals surface area contributed by atoms with Crippen LogP contribution in [0.1, 0.15) is 36.8 Å². The molecule has 0 bridgehead atoms. The number of alkyl halides is 3. The zero-order valence-corrected chi connectivity index (χ0v) is 18.3. The Balaban J connectivity index is 1.65. The number of rotatable bonds is 5. The van der Waals surface area contributed by atoms with E-state index in [-0.39, 0.29) is 23.9 Å². The van der Waals surface area contributed by atoms with Gasteiger partial charge in [0, 0.05) is 12.1 Å². The van der Waals surface area contributed by atoms with Crippen LogP contribution in [-0.4, -0.2) is 28.7 Å². The van der Waals surface area contributed by atoms with Gasteiger partial charge < -0.3 is 5.32 Å². The van der Waals surface area contributed by atoms with Gasteiger partial charge in [0.1, 0.15) is 6.04 Å². The Morgan fingerprint density at radius 1 is 1.03 bits per heavy atom. The molecule has 2 aromatic carbocycles. The molecule has 0 radical (unpaired) electrons. The molecular weight excluding hydrogens is 457 g/mol. The molecule has 4 rings (SSSR count). The summed E-state index contributed by atoms with van der Waals surface area (Å²) >= 11 is 5.67. The molecule has 1 N–H and O–H groups in total. The molecule has 2 fully saturated rings. The number of nitrogens with one attached hydrogen (secondary N) is 1. The maximum atomic E-state index is 13.3. The van der Waals surface area contributed by atoms with E-state index in [9.17, 15) is 27.6 Å². The quantitative estimate of drug-likeness (QED) is 0.609. The van der Waals surface area contributed by atoms with Gasteiger partial charge in [-0.05, 0) is 36.6 Å². The summed E-state index contributed by atoms with van der Waals surface area (Å²) in [7, 11) is 0. The first-order valence-corrected chi connectivity index (χ1v) is 11.1. The van der Waals surface area contributed by atoms with Crippen molar-refractivity contribution in [2.45, 2.75) is 44.3 Å². The van der Waals surface area contributed by atoms with E-state index in [0.29, 0.717) is 12.8 Å².